The zero-order chi connectivity index (χ0) is 13.7. The molecule has 0 saturated carbocycles. The summed E-state index contributed by atoms with van der Waals surface area (Å²) >= 11 is 0. The van der Waals surface area contributed by atoms with Gasteiger partial charge in [0, 0.05) is 24.7 Å². The number of hydrogen-bond donors (Lipinski definition) is 0. The summed E-state index contributed by atoms with van der Waals surface area (Å²) in [6, 6.07) is 4.77. The lowest BCUT2D eigenvalue weighted by Gasteiger charge is -2.26. The van der Waals surface area contributed by atoms with Crippen LogP contribution in [-0.4, -0.2) is 24.3 Å². The Morgan fingerprint density at radius 3 is 2.67 bits per heavy atom. The van der Waals surface area contributed by atoms with Crippen molar-refractivity contribution >= 4 is 17.7 Å². The maximum absolute atomic E-state index is 11.0. The van der Waals surface area contributed by atoms with Crippen molar-refractivity contribution in [1.29, 1.82) is 0 Å². The van der Waals surface area contributed by atoms with E-state index in [1.807, 2.05) is 18.9 Å². The van der Waals surface area contributed by atoms with Gasteiger partial charge < -0.3 is 4.90 Å². The quantitative estimate of drug-likeness (QED) is 0.442. The standard InChI is InChI=1S/C13H18N2O3/c1-4-5-10(2)14(3)12-7-6-11(9-16)8-13(12)15(17)18/h6-10H,4-5H2,1-3H3. The fraction of sp³-hybridized carbons (Fsp3) is 0.462. The molecule has 0 spiro atoms. The van der Waals surface area contributed by atoms with Crippen LogP contribution >= 0.6 is 0 Å². The van der Waals surface area contributed by atoms with Gasteiger partial charge in [0.25, 0.3) is 5.69 Å². The van der Waals surface area contributed by atoms with E-state index >= 15 is 0 Å². The summed E-state index contributed by atoms with van der Waals surface area (Å²) in [6.07, 6.45) is 2.60. The van der Waals surface area contributed by atoms with Crippen LogP contribution in [0.5, 0.6) is 0 Å². The average molecular weight is 250 g/mol. The molecule has 5 nitrogen and oxygen atoms in total. The van der Waals surface area contributed by atoms with Crippen molar-refractivity contribution in [2.24, 2.45) is 0 Å². The number of carbonyl (C=O) groups is 1. The Morgan fingerprint density at radius 2 is 2.17 bits per heavy atom. The van der Waals surface area contributed by atoms with Crippen molar-refractivity contribution in [3.63, 3.8) is 0 Å². The molecule has 1 rings (SSSR count). The summed E-state index contributed by atoms with van der Waals surface area (Å²) in [6.45, 7) is 4.11. The second kappa shape index (κ2) is 6.14. The van der Waals surface area contributed by atoms with Crippen molar-refractivity contribution in [2.45, 2.75) is 32.7 Å². The van der Waals surface area contributed by atoms with Gasteiger partial charge >= 0.3 is 0 Å². The van der Waals surface area contributed by atoms with E-state index in [9.17, 15) is 14.9 Å². The number of carbonyl (C=O) groups excluding carboxylic acids is 1. The predicted octanol–water partition coefficient (Wildman–Crippen LogP) is 3.03. The van der Waals surface area contributed by atoms with Crippen LogP contribution in [0.2, 0.25) is 0 Å². The predicted molar refractivity (Wildman–Crippen MR) is 71.3 cm³/mol. The van der Waals surface area contributed by atoms with E-state index in [2.05, 4.69) is 6.92 Å². The number of benzene rings is 1. The molecule has 0 aliphatic rings. The second-order valence-electron chi connectivity index (χ2n) is 4.37. The SMILES string of the molecule is CCCC(C)N(C)c1ccc(C=O)cc1[N+](=O)[O-]. The first-order valence-electron chi connectivity index (χ1n) is 5.97. The summed E-state index contributed by atoms with van der Waals surface area (Å²) in [4.78, 5) is 23.1. The molecule has 0 aliphatic carbocycles. The topological polar surface area (TPSA) is 63.5 Å². The van der Waals surface area contributed by atoms with Crippen molar-refractivity contribution in [3.8, 4) is 0 Å². The van der Waals surface area contributed by atoms with Gasteiger partial charge in [-0.2, -0.15) is 0 Å². The van der Waals surface area contributed by atoms with Crippen LogP contribution in [0.25, 0.3) is 0 Å². The van der Waals surface area contributed by atoms with E-state index in [4.69, 9.17) is 0 Å². The van der Waals surface area contributed by atoms with Gasteiger partial charge in [0.2, 0.25) is 0 Å². The highest BCUT2D eigenvalue weighted by molar-refractivity contribution is 5.79. The number of hydrogen-bond acceptors (Lipinski definition) is 4. The summed E-state index contributed by atoms with van der Waals surface area (Å²) in [5.74, 6) is 0. The minimum Gasteiger partial charge on any atom is -0.366 e. The van der Waals surface area contributed by atoms with Gasteiger partial charge in [0.15, 0.2) is 0 Å². The number of nitro groups is 1. The largest absolute Gasteiger partial charge is 0.366 e. The van der Waals surface area contributed by atoms with Gasteiger partial charge in [-0.15, -0.1) is 0 Å². The Bertz CT molecular complexity index is 446. The molecule has 18 heavy (non-hydrogen) atoms. The highest BCUT2D eigenvalue weighted by Crippen LogP contribution is 2.30. The molecule has 1 aromatic rings. The Hall–Kier alpha value is -1.91. The normalized spacial score (nSPS) is 11.9. The van der Waals surface area contributed by atoms with E-state index in [1.54, 1.807) is 12.1 Å². The van der Waals surface area contributed by atoms with Gasteiger partial charge in [-0.25, -0.2) is 0 Å². The number of nitro benzene ring substituents is 1. The molecule has 0 amide bonds. The van der Waals surface area contributed by atoms with Crippen LogP contribution in [0.4, 0.5) is 11.4 Å². The highest BCUT2D eigenvalue weighted by atomic mass is 16.6. The van der Waals surface area contributed by atoms with Crippen LogP contribution in [0.1, 0.15) is 37.0 Å². The third-order valence-corrected chi connectivity index (χ3v) is 3.08. The van der Waals surface area contributed by atoms with E-state index in [0.717, 1.165) is 12.8 Å². The van der Waals surface area contributed by atoms with Crippen LogP contribution in [0.3, 0.4) is 0 Å². The average Bonchev–Trinajstić information content (AvgIpc) is 2.37. The number of nitrogens with zero attached hydrogens (tertiary/aromatic N) is 2. The minimum atomic E-state index is -0.447. The molecule has 0 saturated heterocycles. The Labute approximate surface area is 107 Å². The lowest BCUT2D eigenvalue weighted by Crippen LogP contribution is -2.29. The van der Waals surface area contributed by atoms with Crippen LogP contribution < -0.4 is 4.90 Å². The van der Waals surface area contributed by atoms with Crippen LogP contribution in [0, 0.1) is 10.1 Å². The Morgan fingerprint density at radius 1 is 1.50 bits per heavy atom. The third-order valence-electron chi connectivity index (χ3n) is 3.08. The van der Waals surface area contributed by atoms with Crippen molar-refractivity contribution in [1.82, 2.24) is 0 Å². The maximum atomic E-state index is 11.0. The number of aldehydes is 1. The lowest BCUT2D eigenvalue weighted by molar-refractivity contribution is -0.384. The first-order chi connectivity index (χ1) is 8.51. The fourth-order valence-electron chi connectivity index (χ4n) is 1.91. The molecule has 1 aromatic carbocycles. The third kappa shape index (κ3) is 3.06. The van der Waals surface area contributed by atoms with E-state index in [0.29, 0.717) is 17.5 Å². The molecule has 1 unspecified atom stereocenters. The van der Waals surface area contributed by atoms with Gasteiger partial charge in [0.1, 0.15) is 12.0 Å². The van der Waals surface area contributed by atoms with Crippen molar-refractivity contribution in [3.05, 3.63) is 33.9 Å². The van der Waals surface area contributed by atoms with Crippen LogP contribution in [0.15, 0.2) is 18.2 Å². The Kier molecular flexibility index (Phi) is 4.83. The van der Waals surface area contributed by atoms with Gasteiger partial charge in [-0.1, -0.05) is 13.3 Å². The molecular formula is C13H18N2O3. The van der Waals surface area contributed by atoms with E-state index in [-0.39, 0.29) is 11.7 Å². The summed E-state index contributed by atoms with van der Waals surface area (Å²) in [7, 11) is 1.84. The monoisotopic (exact) mass is 250 g/mol. The molecule has 0 fully saturated rings. The molecule has 0 N–H and O–H groups in total. The van der Waals surface area contributed by atoms with E-state index < -0.39 is 4.92 Å². The summed E-state index contributed by atoms with van der Waals surface area (Å²) in [5.41, 5.74) is 0.846. The van der Waals surface area contributed by atoms with Crippen LogP contribution in [-0.2, 0) is 0 Å². The number of anilines is 1. The van der Waals surface area contributed by atoms with Crippen molar-refractivity contribution < 1.29 is 9.72 Å². The summed E-state index contributed by atoms with van der Waals surface area (Å²) < 4.78 is 0. The lowest BCUT2D eigenvalue weighted by atomic mass is 10.1. The van der Waals surface area contributed by atoms with E-state index in [1.165, 1.54) is 6.07 Å². The Balaban J connectivity index is 3.14. The first kappa shape index (κ1) is 14.2. The molecule has 1 atom stereocenters. The molecular weight excluding hydrogens is 232 g/mol. The zero-order valence-corrected chi connectivity index (χ0v) is 10.9. The smallest absolute Gasteiger partial charge is 0.293 e. The molecule has 0 aromatic heterocycles. The fourth-order valence-corrected chi connectivity index (χ4v) is 1.91. The second-order valence-corrected chi connectivity index (χ2v) is 4.37. The summed E-state index contributed by atoms with van der Waals surface area (Å²) in [5, 5.41) is 11.0. The molecule has 0 radical (unpaired) electrons. The van der Waals surface area contributed by atoms with Gasteiger partial charge in [0.05, 0.1) is 4.92 Å². The first-order valence-corrected chi connectivity index (χ1v) is 5.97. The molecule has 5 heteroatoms. The minimum absolute atomic E-state index is 0.0231. The number of rotatable bonds is 6. The van der Waals surface area contributed by atoms with Gasteiger partial charge in [-0.3, -0.25) is 14.9 Å². The molecule has 0 bridgehead atoms. The van der Waals surface area contributed by atoms with Crippen molar-refractivity contribution in [2.75, 3.05) is 11.9 Å². The molecule has 0 heterocycles. The zero-order valence-electron chi connectivity index (χ0n) is 10.9. The van der Waals surface area contributed by atoms with Gasteiger partial charge in [-0.05, 0) is 25.5 Å². The highest BCUT2D eigenvalue weighted by Gasteiger charge is 2.20. The molecule has 98 valence electrons. The maximum Gasteiger partial charge on any atom is 0.293 e. The molecule has 0 aliphatic heterocycles.